The minimum atomic E-state index is -0.226. The number of tetrazole rings is 1. The number of ether oxygens (including phenoxy) is 1. The molecule has 12 heteroatoms. The van der Waals surface area contributed by atoms with E-state index >= 15 is 0 Å². The fourth-order valence-corrected chi connectivity index (χ4v) is 3.77. The van der Waals surface area contributed by atoms with Crippen LogP contribution in [-0.2, 0) is 11.3 Å². The zero-order valence-corrected chi connectivity index (χ0v) is 17.6. The number of anilines is 2. The van der Waals surface area contributed by atoms with Gasteiger partial charge >= 0.3 is 0 Å². The lowest BCUT2D eigenvalue weighted by atomic mass is 10.2. The summed E-state index contributed by atoms with van der Waals surface area (Å²) in [5, 5.41) is 14.0. The highest BCUT2D eigenvalue weighted by molar-refractivity contribution is 5.94. The van der Waals surface area contributed by atoms with Crippen molar-refractivity contribution in [2.45, 2.75) is 19.4 Å². The number of amides is 1. The molecule has 12 nitrogen and oxygen atoms in total. The van der Waals surface area contributed by atoms with Crippen molar-refractivity contribution in [3.63, 3.8) is 0 Å². The molecule has 2 aliphatic heterocycles. The van der Waals surface area contributed by atoms with Crippen LogP contribution in [0.1, 0.15) is 29.0 Å². The van der Waals surface area contributed by atoms with E-state index in [0.29, 0.717) is 42.2 Å². The molecular formula is C20H24N10O2. The Morgan fingerprint density at radius 3 is 2.47 bits per heavy atom. The third kappa shape index (κ3) is 4.49. The highest BCUT2D eigenvalue weighted by Gasteiger charge is 2.21. The van der Waals surface area contributed by atoms with Crippen molar-refractivity contribution in [1.29, 1.82) is 0 Å². The molecule has 0 saturated carbocycles. The van der Waals surface area contributed by atoms with Crippen LogP contribution in [0.5, 0.6) is 0 Å². The normalized spacial score (nSPS) is 16.4. The predicted molar refractivity (Wildman–Crippen MR) is 115 cm³/mol. The first-order chi connectivity index (χ1) is 15.8. The Kier molecular flexibility index (Phi) is 5.83. The van der Waals surface area contributed by atoms with Gasteiger partial charge in [-0.15, -0.1) is 5.10 Å². The fourth-order valence-electron chi connectivity index (χ4n) is 3.77. The van der Waals surface area contributed by atoms with Crippen LogP contribution in [-0.4, -0.2) is 80.5 Å². The van der Waals surface area contributed by atoms with Crippen molar-refractivity contribution in [2.24, 2.45) is 0 Å². The Morgan fingerprint density at radius 1 is 1.00 bits per heavy atom. The summed E-state index contributed by atoms with van der Waals surface area (Å²) in [5.74, 6) is 1.61. The molecule has 1 N–H and O–H groups in total. The van der Waals surface area contributed by atoms with Crippen molar-refractivity contribution in [2.75, 3.05) is 49.2 Å². The second kappa shape index (κ2) is 9.22. The van der Waals surface area contributed by atoms with E-state index in [-0.39, 0.29) is 12.5 Å². The van der Waals surface area contributed by atoms with E-state index in [9.17, 15) is 4.79 Å². The summed E-state index contributed by atoms with van der Waals surface area (Å²) >= 11 is 0. The Morgan fingerprint density at radius 2 is 1.75 bits per heavy atom. The second-order valence-corrected chi connectivity index (χ2v) is 7.63. The maximum atomic E-state index is 12.8. The number of hydrogen-bond donors (Lipinski definition) is 1. The number of hydrogen-bond acceptors (Lipinski definition) is 10. The van der Waals surface area contributed by atoms with Crippen LogP contribution in [0, 0.1) is 0 Å². The second-order valence-electron chi connectivity index (χ2n) is 7.63. The largest absolute Gasteiger partial charge is 0.378 e. The molecule has 2 aromatic heterocycles. The van der Waals surface area contributed by atoms with Gasteiger partial charge < -0.3 is 19.9 Å². The molecule has 0 radical (unpaired) electrons. The molecule has 32 heavy (non-hydrogen) atoms. The molecule has 1 aromatic carbocycles. The van der Waals surface area contributed by atoms with Crippen LogP contribution in [0.3, 0.4) is 0 Å². The third-order valence-corrected chi connectivity index (χ3v) is 5.47. The molecule has 2 fully saturated rings. The molecule has 4 heterocycles. The molecule has 5 rings (SSSR count). The molecule has 3 aromatic rings. The van der Waals surface area contributed by atoms with E-state index in [2.05, 4.69) is 40.6 Å². The molecule has 0 unspecified atom stereocenters. The standard InChI is InChI=1S/C20H24N10O2/c31-18(15-4-3-5-16(12-15)30-14-22-26-27-30)21-13-17-23-19(28-6-1-2-7-28)25-20(24-17)29-8-10-32-11-9-29/h3-5,12,14H,1-2,6-11,13H2,(H,21,31). The van der Waals surface area contributed by atoms with Gasteiger partial charge in [-0.3, -0.25) is 4.79 Å². The van der Waals surface area contributed by atoms with Gasteiger partial charge in [-0.05, 0) is 41.5 Å². The van der Waals surface area contributed by atoms with Crippen molar-refractivity contribution in [3.05, 3.63) is 42.0 Å². The molecule has 0 bridgehead atoms. The Bertz CT molecular complexity index is 1060. The molecule has 1 amide bonds. The SMILES string of the molecule is O=C(NCc1nc(N2CCCC2)nc(N2CCOCC2)n1)c1cccc(-n2cnnn2)c1. The molecular weight excluding hydrogens is 412 g/mol. The fraction of sp³-hybridized carbons (Fsp3) is 0.450. The maximum Gasteiger partial charge on any atom is 0.251 e. The predicted octanol–water partition coefficient (Wildman–Crippen LogP) is 0.214. The van der Waals surface area contributed by atoms with Crippen LogP contribution < -0.4 is 15.1 Å². The average molecular weight is 436 g/mol. The summed E-state index contributed by atoms with van der Waals surface area (Å²) in [6.07, 6.45) is 3.74. The molecule has 0 aliphatic carbocycles. The minimum Gasteiger partial charge on any atom is -0.378 e. The van der Waals surface area contributed by atoms with Crippen LogP contribution in [0.15, 0.2) is 30.6 Å². The lowest BCUT2D eigenvalue weighted by molar-refractivity contribution is 0.0950. The first-order valence-electron chi connectivity index (χ1n) is 10.7. The van der Waals surface area contributed by atoms with E-state index in [1.54, 1.807) is 18.2 Å². The molecule has 2 saturated heterocycles. The zero-order chi connectivity index (χ0) is 21.8. The van der Waals surface area contributed by atoms with Gasteiger partial charge in [0.1, 0.15) is 6.33 Å². The summed E-state index contributed by atoms with van der Waals surface area (Å²) in [4.78, 5) is 31.0. The monoisotopic (exact) mass is 436 g/mol. The lowest BCUT2D eigenvalue weighted by Crippen LogP contribution is -2.38. The van der Waals surface area contributed by atoms with Gasteiger partial charge in [-0.25, -0.2) is 4.68 Å². The molecule has 2 aliphatic rings. The molecule has 0 spiro atoms. The number of morpholine rings is 1. The quantitative estimate of drug-likeness (QED) is 0.573. The number of nitrogens with one attached hydrogen (secondary N) is 1. The van der Waals surface area contributed by atoms with Gasteiger partial charge in [0.05, 0.1) is 25.4 Å². The lowest BCUT2D eigenvalue weighted by Gasteiger charge is -2.28. The first kappa shape index (κ1) is 20.2. The summed E-state index contributed by atoms with van der Waals surface area (Å²) in [6, 6.07) is 7.09. The Labute approximate surface area is 184 Å². The van der Waals surface area contributed by atoms with Gasteiger partial charge in [0, 0.05) is 31.7 Å². The number of rotatable bonds is 6. The summed E-state index contributed by atoms with van der Waals surface area (Å²) < 4.78 is 6.95. The van der Waals surface area contributed by atoms with Crippen LogP contribution in [0.25, 0.3) is 5.69 Å². The first-order valence-corrected chi connectivity index (χ1v) is 10.7. The van der Waals surface area contributed by atoms with Crippen molar-refractivity contribution < 1.29 is 9.53 Å². The number of carbonyl (C=O) groups excluding carboxylic acids is 1. The third-order valence-electron chi connectivity index (χ3n) is 5.47. The summed E-state index contributed by atoms with van der Waals surface area (Å²) in [6.45, 7) is 4.83. The van der Waals surface area contributed by atoms with E-state index in [1.807, 2.05) is 6.07 Å². The van der Waals surface area contributed by atoms with E-state index in [0.717, 1.165) is 39.0 Å². The molecule has 166 valence electrons. The zero-order valence-electron chi connectivity index (χ0n) is 17.6. The highest BCUT2D eigenvalue weighted by Crippen LogP contribution is 2.19. The Balaban J connectivity index is 1.33. The van der Waals surface area contributed by atoms with Gasteiger partial charge in [-0.2, -0.15) is 15.0 Å². The number of aromatic nitrogens is 7. The van der Waals surface area contributed by atoms with Crippen LogP contribution >= 0.6 is 0 Å². The van der Waals surface area contributed by atoms with Crippen molar-refractivity contribution >= 4 is 17.8 Å². The van der Waals surface area contributed by atoms with Crippen molar-refractivity contribution in [3.8, 4) is 5.69 Å². The maximum absolute atomic E-state index is 12.8. The van der Waals surface area contributed by atoms with Gasteiger partial charge in [0.25, 0.3) is 5.91 Å². The molecule has 0 atom stereocenters. The van der Waals surface area contributed by atoms with Crippen LogP contribution in [0.2, 0.25) is 0 Å². The topological polar surface area (TPSA) is 127 Å². The van der Waals surface area contributed by atoms with E-state index in [4.69, 9.17) is 9.72 Å². The van der Waals surface area contributed by atoms with Gasteiger partial charge in [-0.1, -0.05) is 6.07 Å². The summed E-state index contributed by atoms with van der Waals surface area (Å²) in [7, 11) is 0. The van der Waals surface area contributed by atoms with E-state index in [1.165, 1.54) is 11.0 Å². The number of carbonyl (C=O) groups is 1. The number of nitrogens with zero attached hydrogens (tertiary/aromatic N) is 9. The highest BCUT2D eigenvalue weighted by atomic mass is 16.5. The van der Waals surface area contributed by atoms with Crippen LogP contribution in [0.4, 0.5) is 11.9 Å². The average Bonchev–Trinajstić information content (AvgIpc) is 3.58. The minimum absolute atomic E-state index is 0.203. The smallest absolute Gasteiger partial charge is 0.251 e. The van der Waals surface area contributed by atoms with Gasteiger partial charge in [0.15, 0.2) is 5.82 Å². The summed E-state index contributed by atoms with van der Waals surface area (Å²) in [5.41, 5.74) is 1.20. The van der Waals surface area contributed by atoms with Gasteiger partial charge in [0.2, 0.25) is 11.9 Å². The number of benzene rings is 1. The van der Waals surface area contributed by atoms with E-state index < -0.39 is 0 Å². The van der Waals surface area contributed by atoms with Crippen molar-refractivity contribution in [1.82, 2.24) is 40.5 Å². The Hall–Kier alpha value is -3.67.